The summed E-state index contributed by atoms with van der Waals surface area (Å²) in [4.78, 5) is 24.8. The predicted octanol–water partition coefficient (Wildman–Crippen LogP) is 5.39. The molecule has 1 aliphatic rings. The summed E-state index contributed by atoms with van der Waals surface area (Å²) in [5.74, 6) is 1.18. The van der Waals surface area contributed by atoms with Crippen LogP contribution in [0.15, 0.2) is 48.7 Å². The number of hydrogen-bond donors (Lipinski definition) is 1. The Kier molecular flexibility index (Phi) is 7.04. The van der Waals surface area contributed by atoms with Crippen molar-refractivity contribution < 1.29 is 9.53 Å². The van der Waals surface area contributed by atoms with Gasteiger partial charge in [0.15, 0.2) is 0 Å². The molecule has 2 aromatic carbocycles. The highest BCUT2D eigenvalue weighted by molar-refractivity contribution is 6.05. The van der Waals surface area contributed by atoms with Gasteiger partial charge in [-0.25, -0.2) is 9.97 Å². The molecule has 4 rings (SSSR count). The summed E-state index contributed by atoms with van der Waals surface area (Å²) in [6.07, 6.45) is 5.02. The van der Waals surface area contributed by atoms with Crippen LogP contribution in [0.4, 0.5) is 5.69 Å². The Bertz CT molecular complexity index is 1140. The normalized spacial score (nSPS) is 16.4. The van der Waals surface area contributed by atoms with E-state index in [1.54, 1.807) is 13.3 Å². The fourth-order valence-electron chi connectivity index (χ4n) is 4.42. The summed E-state index contributed by atoms with van der Waals surface area (Å²) in [5, 5.41) is 2.91. The van der Waals surface area contributed by atoms with Gasteiger partial charge < -0.3 is 10.1 Å². The predicted molar refractivity (Wildman–Crippen MR) is 131 cm³/mol. The molecule has 1 amide bonds. The molecular formula is C27H32N4O2. The number of carbonyl (C=O) groups is 1. The quantitative estimate of drug-likeness (QED) is 0.552. The fourth-order valence-corrected chi connectivity index (χ4v) is 4.42. The molecule has 6 nitrogen and oxygen atoms in total. The van der Waals surface area contributed by atoms with Crippen LogP contribution >= 0.6 is 0 Å². The van der Waals surface area contributed by atoms with Crippen LogP contribution in [0.3, 0.4) is 0 Å². The van der Waals surface area contributed by atoms with E-state index in [0.717, 1.165) is 31.8 Å². The van der Waals surface area contributed by atoms with Gasteiger partial charge in [0, 0.05) is 12.7 Å². The van der Waals surface area contributed by atoms with Gasteiger partial charge in [-0.3, -0.25) is 9.69 Å². The average molecular weight is 445 g/mol. The molecule has 0 spiro atoms. The molecule has 6 heteroatoms. The summed E-state index contributed by atoms with van der Waals surface area (Å²) in [5.41, 5.74) is 5.73. The Balaban J connectivity index is 1.52. The molecule has 0 bridgehead atoms. The van der Waals surface area contributed by atoms with Gasteiger partial charge >= 0.3 is 0 Å². The van der Waals surface area contributed by atoms with Crippen molar-refractivity contribution in [3.8, 4) is 5.75 Å². The van der Waals surface area contributed by atoms with E-state index in [0.29, 0.717) is 22.7 Å². The van der Waals surface area contributed by atoms with E-state index in [1.807, 2.05) is 31.2 Å². The summed E-state index contributed by atoms with van der Waals surface area (Å²) >= 11 is 0. The van der Waals surface area contributed by atoms with Crippen molar-refractivity contribution >= 4 is 11.6 Å². The first-order chi connectivity index (χ1) is 16.0. The number of piperidine rings is 1. The molecule has 1 aromatic heterocycles. The zero-order valence-corrected chi connectivity index (χ0v) is 19.9. The maximum atomic E-state index is 12.9. The number of nitrogens with zero attached hydrogens (tertiary/aromatic N) is 3. The standard InChI is InChI=1S/C27H32N4O2/c1-18-12-13-21(15-19(18)2)17-31-14-8-7-10-24(31)26-28-16-22(20(3)29-26)27(32)30-23-9-5-6-11-25(23)33-4/h5-6,9,11-13,15-16,24H,7-8,10,14,17H2,1-4H3,(H,30,32)/t24-/m1/s1. The lowest BCUT2D eigenvalue weighted by Gasteiger charge is -2.35. The number of ether oxygens (including phenoxy) is 1. The number of rotatable bonds is 6. The molecule has 1 saturated heterocycles. The minimum Gasteiger partial charge on any atom is -0.495 e. The van der Waals surface area contributed by atoms with Crippen LogP contribution in [0.2, 0.25) is 0 Å². The topological polar surface area (TPSA) is 67.3 Å². The number of para-hydroxylation sites is 2. The number of anilines is 1. The molecule has 0 aliphatic carbocycles. The molecule has 1 fully saturated rings. The van der Waals surface area contributed by atoms with E-state index in [2.05, 4.69) is 47.2 Å². The monoisotopic (exact) mass is 444 g/mol. The lowest BCUT2D eigenvalue weighted by atomic mass is 9.99. The number of aromatic nitrogens is 2. The third-order valence-electron chi connectivity index (χ3n) is 6.47. The van der Waals surface area contributed by atoms with Gasteiger partial charge in [0.25, 0.3) is 5.91 Å². The molecule has 3 aromatic rings. The molecule has 1 atom stereocenters. The van der Waals surface area contributed by atoms with Crippen LogP contribution in [0, 0.1) is 20.8 Å². The smallest absolute Gasteiger partial charge is 0.259 e. The molecule has 1 aliphatic heterocycles. The van der Waals surface area contributed by atoms with Crippen molar-refractivity contribution in [3.63, 3.8) is 0 Å². The highest BCUT2D eigenvalue weighted by atomic mass is 16.5. The second kappa shape index (κ2) is 10.1. The summed E-state index contributed by atoms with van der Waals surface area (Å²) in [7, 11) is 1.59. The zero-order valence-electron chi connectivity index (χ0n) is 19.9. The van der Waals surface area contributed by atoms with E-state index in [1.165, 1.54) is 23.1 Å². The largest absolute Gasteiger partial charge is 0.495 e. The van der Waals surface area contributed by atoms with Crippen molar-refractivity contribution in [3.05, 3.63) is 82.4 Å². The Hall–Kier alpha value is -3.25. The lowest BCUT2D eigenvalue weighted by Crippen LogP contribution is -2.34. The van der Waals surface area contributed by atoms with Crippen molar-refractivity contribution in [1.29, 1.82) is 0 Å². The average Bonchev–Trinajstić information content (AvgIpc) is 2.82. The Morgan fingerprint density at radius 1 is 1.12 bits per heavy atom. The number of benzene rings is 2. The minimum atomic E-state index is -0.237. The van der Waals surface area contributed by atoms with Crippen LogP contribution in [0.1, 0.15) is 63.9 Å². The van der Waals surface area contributed by atoms with Crippen LogP contribution in [-0.4, -0.2) is 34.4 Å². The number of aryl methyl sites for hydroxylation is 3. The van der Waals surface area contributed by atoms with Crippen molar-refractivity contribution in [2.45, 2.75) is 52.6 Å². The van der Waals surface area contributed by atoms with Gasteiger partial charge in [-0.05, 0) is 69.0 Å². The Labute approximate surface area is 196 Å². The maximum Gasteiger partial charge on any atom is 0.259 e. The summed E-state index contributed by atoms with van der Waals surface area (Å²) in [6.45, 7) is 8.08. The van der Waals surface area contributed by atoms with Crippen LogP contribution in [-0.2, 0) is 6.54 Å². The van der Waals surface area contributed by atoms with Crippen molar-refractivity contribution in [2.24, 2.45) is 0 Å². The minimum absolute atomic E-state index is 0.158. The first kappa shape index (κ1) is 22.9. The highest BCUT2D eigenvalue weighted by Crippen LogP contribution is 2.31. The number of hydrogen-bond acceptors (Lipinski definition) is 5. The second-order valence-electron chi connectivity index (χ2n) is 8.78. The fraction of sp³-hybridized carbons (Fsp3) is 0.370. The van der Waals surface area contributed by atoms with Gasteiger partial charge in [0.1, 0.15) is 11.6 Å². The van der Waals surface area contributed by atoms with Gasteiger partial charge in [-0.2, -0.15) is 0 Å². The van der Waals surface area contributed by atoms with E-state index < -0.39 is 0 Å². The molecule has 0 unspecified atom stereocenters. The molecule has 0 saturated carbocycles. The van der Waals surface area contributed by atoms with Crippen molar-refractivity contribution in [1.82, 2.24) is 14.9 Å². The van der Waals surface area contributed by atoms with E-state index in [-0.39, 0.29) is 11.9 Å². The van der Waals surface area contributed by atoms with Crippen molar-refractivity contribution in [2.75, 3.05) is 19.0 Å². The third kappa shape index (κ3) is 5.22. The van der Waals surface area contributed by atoms with Crippen LogP contribution in [0.5, 0.6) is 5.75 Å². The summed E-state index contributed by atoms with van der Waals surface area (Å²) in [6, 6.07) is 14.2. The lowest BCUT2D eigenvalue weighted by molar-refractivity contribution is 0.102. The van der Waals surface area contributed by atoms with Crippen LogP contribution < -0.4 is 10.1 Å². The highest BCUT2D eigenvalue weighted by Gasteiger charge is 2.27. The second-order valence-corrected chi connectivity index (χ2v) is 8.78. The van der Waals surface area contributed by atoms with Gasteiger partial charge in [-0.1, -0.05) is 36.8 Å². The van der Waals surface area contributed by atoms with E-state index in [9.17, 15) is 4.79 Å². The number of carbonyl (C=O) groups excluding carboxylic acids is 1. The molecular weight excluding hydrogens is 412 g/mol. The van der Waals surface area contributed by atoms with Gasteiger partial charge in [0.05, 0.1) is 30.1 Å². The maximum absolute atomic E-state index is 12.9. The summed E-state index contributed by atoms with van der Waals surface area (Å²) < 4.78 is 5.33. The van der Waals surface area contributed by atoms with E-state index in [4.69, 9.17) is 9.72 Å². The SMILES string of the molecule is COc1ccccc1NC(=O)c1cnc([C@H]2CCCCN2Cc2ccc(C)c(C)c2)nc1C. The van der Waals surface area contributed by atoms with Crippen LogP contribution in [0.25, 0.3) is 0 Å². The molecule has 0 radical (unpaired) electrons. The van der Waals surface area contributed by atoms with Gasteiger partial charge in [0.2, 0.25) is 0 Å². The molecule has 172 valence electrons. The zero-order chi connectivity index (χ0) is 23.4. The Morgan fingerprint density at radius 3 is 2.70 bits per heavy atom. The molecule has 33 heavy (non-hydrogen) atoms. The number of amides is 1. The first-order valence-corrected chi connectivity index (χ1v) is 11.5. The first-order valence-electron chi connectivity index (χ1n) is 11.5. The van der Waals surface area contributed by atoms with Gasteiger partial charge in [-0.15, -0.1) is 0 Å². The Morgan fingerprint density at radius 2 is 1.94 bits per heavy atom. The third-order valence-corrected chi connectivity index (χ3v) is 6.47. The molecule has 1 N–H and O–H groups in total. The van der Waals surface area contributed by atoms with E-state index >= 15 is 0 Å². The number of nitrogens with one attached hydrogen (secondary N) is 1. The number of likely N-dealkylation sites (tertiary alicyclic amines) is 1. The molecule has 2 heterocycles. The number of methoxy groups -OCH3 is 1.